The molecule has 0 saturated heterocycles. The molecule has 0 bridgehead atoms. The fourth-order valence-corrected chi connectivity index (χ4v) is 3.23. The third-order valence-electron chi connectivity index (χ3n) is 4.84. The highest BCUT2D eigenvalue weighted by molar-refractivity contribution is 5.83. The number of carbonyl (C=O) groups is 1. The number of hydrogen-bond donors (Lipinski definition) is 1. The lowest BCUT2D eigenvalue weighted by atomic mass is 9.68. The second kappa shape index (κ2) is 7.25. The first kappa shape index (κ1) is 17.0. The van der Waals surface area contributed by atoms with Crippen molar-refractivity contribution in [2.45, 2.75) is 32.2 Å². The Kier molecular flexibility index (Phi) is 5.59. The summed E-state index contributed by atoms with van der Waals surface area (Å²) in [6, 6.07) is 8.54. The van der Waals surface area contributed by atoms with Gasteiger partial charge in [0.2, 0.25) is 5.91 Å². The smallest absolute Gasteiger partial charge is 0.228 e. The first-order chi connectivity index (χ1) is 10.5. The summed E-state index contributed by atoms with van der Waals surface area (Å²) in [5.74, 6) is 0.140. The Balaban J connectivity index is 2.04. The van der Waals surface area contributed by atoms with E-state index in [-0.39, 0.29) is 17.4 Å². The van der Waals surface area contributed by atoms with Crippen molar-refractivity contribution >= 4 is 5.91 Å². The zero-order chi connectivity index (χ0) is 16.2. The van der Waals surface area contributed by atoms with Gasteiger partial charge in [-0.15, -0.1) is 0 Å². The summed E-state index contributed by atoms with van der Waals surface area (Å²) >= 11 is 0. The molecule has 1 atom stereocenters. The normalized spacial score (nSPS) is 17.9. The van der Waals surface area contributed by atoms with Gasteiger partial charge < -0.3 is 15.0 Å². The van der Waals surface area contributed by atoms with Crippen molar-refractivity contribution in [2.75, 3.05) is 34.4 Å². The third kappa shape index (κ3) is 3.50. The van der Waals surface area contributed by atoms with Crippen LogP contribution in [-0.2, 0) is 9.53 Å². The van der Waals surface area contributed by atoms with E-state index in [9.17, 15) is 4.79 Å². The average molecular weight is 304 g/mol. The number of amides is 1. The number of likely N-dealkylation sites (N-methyl/N-ethyl adjacent to an activating group) is 1. The zero-order valence-corrected chi connectivity index (χ0v) is 14.2. The fraction of sp³-hybridized carbons (Fsp3) is 0.611. The highest BCUT2D eigenvalue weighted by Gasteiger charge is 2.44. The molecule has 1 N–H and O–H groups in total. The molecule has 0 aromatic heterocycles. The summed E-state index contributed by atoms with van der Waals surface area (Å²) in [5, 5.41) is 3.16. The number of nitrogens with one attached hydrogen (secondary N) is 1. The molecule has 1 aliphatic rings. The van der Waals surface area contributed by atoms with Crippen molar-refractivity contribution in [3.8, 4) is 0 Å². The van der Waals surface area contributed by atoms with Crippen LogP contribution < -0.4 is 5.32 Å². The van der Waals surface area contributed by atoms with Gasteiger partial charge in [0, 0.05) is 13.7 Å². The number of benzene rings is 1. The molecule has 0 aliphatic heterocycles. The summed E-state index contributed by atoms with van der Waals surface area (Å²) in [5.41, 5.74) is 2.23. The lowest BCUT2D eigenvalue weighted by Crippen LogP contribution is -2.50. The predicted octanol–water partition coefficient (Wildman–Crippen LogP) is 2.53. The largest absolute Gasteiger partial charge is 0.384 e. The minimum atomic E-state index is -0.294. The fourth-order valence-electron chi connectivity index (χ4n) is 3.23. The molecule has 1 aromatic rings. The monoisotopic (exact) mass is 304 g/mol. The molecule has 0 radical (unpaired) electrons. The van der Waals surface area contributed by atoms with Crippen LogP contribution in [0.3, 0.4) is 0 Å². The lowest BCUT2D eigenvalue weighted by molar-refractivity contribution is -0.140. The van der Waals surface area contributed by atoms with Gasteiger partial charge in [-0.3, -0.25) is 4.79 Å². The number of hydrogen-bond acceptors (Lipinski definition) is 3. The molecule has 4 nitrogen and oxygen atoms in total. The van der Waals surface area contributed by atoms with Crippen LogP contribution in [0.1, 0.15) is 36.4 Å². The minimum Gasteiger partial charge on any atom is -0.384 e. The van der Waals surface area contributed by atoms with Crippen LogP contribution in [0.4, 0.5) is 0 Å². The number of rotatable bonds is 7. The van der Waals surface area contributed by atoms with Gasteiger partial charge >= 0.3 is 0 Å². The Morgan fingerprint density at radius 3 is 2.55 bits per heavy atom. The first-order valence-corrected chi connectivity index (χ1v) is 7.99. The van der Waals surface area contributed by atoms with E-state index in [1.807, 2.05) is 6.07 Å². The van der Waals surface area contributed by atoms with E-state index >= 15 is 0 Å². The number of nitrogens with zero attached hydrogens (tertiary/aromatic N) is 1. The number of carbonyl (C=O) groups excluding carboxylic acids is 1. The van der Waals surface area contributed by atoms with Gasteiger partial charge in [-0.05, 0) is 45.0 Å². The standard InChI is InChI=1S/C18H28N2O2/c1-14-8-5-6-9-15(14)16(20(2)3)12-19-17(21)18(13-22-4)10-7-11-18/h5-6,8-9,16H,7,10-13H2,1-4H3,(H,19,21)/t16-/m1/s1. The second-order valence-electron chi connectivity index (χ2n) is 6.61. The Bertz CT molecular complexity index is 510. The van der Waals surface area contributed by atoms with Gasteiger partial charge in [0.25, 0.3) is 0 Å². The van der Waals surface area contributed by atoms with E-state index in [4.69, 9.17) is 4.74 Å². The van der Waals surface area contributed by atoms with Crippen LogP contribution in [0.2, 0.25) is 0 Å². The van der Waals surface area contributed by atoms with Gasteiger partial charge in [0.1, 0.15) is 0 Å². The average Bonchev–Trinajstić information content (AvgIpc) is 2.44. The Hall–Kier alpha value is -1.39. The number of aryl methyl sites for hydroxylation is 1. The van der Waals surface area contributed by atoms with E-state index in [0.29, 0.717) is 13.2 Å². The topological polar surface area (TPSA) is 41.6 Å². The van der Waals surface area contributed by atoms with Crippen molar-refractivity contribution in [2.24, 2.45) is 5.41 Å². The summed E-state index contributed by atoms with van der Waals surface area (Å²) < 4.78 is 5.26. The lowest BCUT2D eigenvalue weighted by Gasteiger charge is -2.40. The second-order valence-corrected chi connectivity index (χ2v) is 6.61. The molecule has 122 valence electrons. The van der Waals surface area contributed by atoms with Crippen molar-refractivity contribution in [3.63, 3.8) is 0 Å². The molecule has 1 aliphatic carbocycles. The Labute approximate surface area is 133 Å². The van der Waals surface area contributed by atoms with Crippen LogP contribution in [0.25, 0.3) is 0 Å². The zero-order valence-electron chi connectivity index (χ0n) is 14.2. The third-order valence-corrected chi connectivity index (χ3v) is 4.84. The van der Waals surface area contributed by atoms with Gasteiger partial charge in [0.05, 0.1) is 18.1 Å². The van der Waals surface area contributed by atoms with Crippen molar-refractivity contribution in [1.82, 2.24) is 10.2 Å². The minimum absolute atomic E-state index is 0.140. The van der Waals surface area contributed by atoms with E-state index in [2.05, 4.69) is 49.4 Å². The van der Waals surface area contributed by atoms with Gasteiger partial charge in [-0.2, -0.15) is 0 Å². The summed E-state index contributed by atoms with van der Waals surface area (Å²) in [4.78, 5) is 14.7. The quantitative estimate of drug-likeness (QED) is 0.841. The molecule has 1 amide bonds. The molecule has 0 heterocycles. The van der Waals surface area contributed by atoms with Gasteiger partial charge in [-0.1, -0.05) is 30.7 Å². The molecular weight excluding hydrogens is 276 g/mol. The molecular formula is C18H28N2O2. The van der Waals surface area contributed by atoms with Gasteiger partial charge in [0.15, 0.2) is 0 Å². The maximum Gasteiger partial charge on any atom is 0.228 e. The highest BCUT2D eigenvalue weighted by Crippen LogP contribution is 2.41. The van der Waals surface area contributed by atoms with E-state index in [1.165, 1.54) is 11.1 Å². The summed E-state index contributed by atoms with van der Waals surface area (Å²) in [6.07, 6.45) is 2.99. The van der Waals surface area contributed by atoms with Crippen molar-refractivity contribution in [1.29, 1.82) is 0 Å². The van der Waals surface area contributed by atoms with E-state index in [1.54, 1.807) is 7.11 Å². The van der Waals surface area contributed by atoms with Crippen LogP contribution in [-0.4, -0.2) is 45.2 Å². The first-order valence-electron chi connectivity index (χ1n) is 7.99. The summed E-state index contributed by atoms with van der Waals surface area (Å²) in [6.45, 7) is 3.27. The molecule has 4 heteroatoms. The highest BCUT2D eigenvalue weighted by atomic mass is 16.5. The van der Waals surface area contributed by atoms with Crippen molar-refractivity contribution < 1.29 is 9.53 Å². The number of methoxy groups -OCH3 is 1. The van der Waals surface area contributed by atoms with Crippen LogP contribution in [0.5, 0.6) is 0 Å². The molecule has 1 aromatic carbocycles. The molecule has 1 fully saturated rings. The van der Waals surface area contributed by atoms with Crippen molar-refractivity contribution in [3.05, 3.63) is 35.4 Å². The van der Waals surface area contributed by atoms with Crippen LogP contribution >= 0.6 is 0 Å². The van der Waals surface area contributed by atoms with Crippen LogP contribution in [0.15, 0.2) is 24.3 Å². The Morgan fingerprint density at radius 2 is 2.05 bits per heavy atom. The maximum absolute atomic E-state index is 12.6. The van der Waals surface area contributed by atoms with Gasteiger partial charge in [-0.25, -0.2) is 0 Å². The molecule has 2 rings (SSSR count). The van der Waals surface area contributed by atoms with E-state index < -0.39 is 0 Å². The Morgan fingerprint density at radius 1 is 1.36 bits per heavy atom. The molecule has 0 spiro atoms. The predicted molar refractivity (Wildman–Crippen MR) is 88.8 cm³/mol. The maximum atomic E-state index is 12.6. The molecule has 0 unspecified atom stereocenters. The van der Waals surface area contributed by atoms with Crippen LogP contribution in [0, 0.1) is 12.3 Å². The summed E-state index contributed by atoms with van der Waals surface area (Å²) in [7, 11) is 5.78. The molecule has 1 saturated carbocycles. The molecule has 22 heavy (non-hydrogen) atoms. The van der Waals surface area contributed by atoms with E-state index in [0.717, 1.165) is 19.3 Å². The number of ether oxygens (including phenoxy) is 1. The SMILES string of the molecule is COCC1(C(=O)NC[C@H](c2ccccc2C)N(C)C)CCC1.